The molecule has 3 aromatic rings. The number of anilines is 1. The summed E-state index contributed by atoms with van der Waals surface area (Å²) in [4.78, 5) is 34.0. The fourth-order valence-electron chi connectivity index (χ4n) is 4.50. The third-order valence-corrected chi connectivity index (χ3v) is 7.34. The highest BCUT2D eigenvalue weighted by molar-refractivity contribution is 7.07. The molecule has 0 fully saturated rings. The number of thiazole rings is 1. The molecule has 2 aromatic carbocycles. The minimum Gasteiger partial charge on any atom is -0.507 e. The number of allylic oxidation sites excluding steroid dienone is 1. The monoisotopic (exact) mass is 521 g/mol. The molecule has 37 heavy (non-hydrogen) atoms. The fourth-order valence-corrected chi connectivity index (χ4v) is 5.54. The molecule has 194 valence electrons. The molecule has 0 bridgehead atoms. The number of hydrogen-bond donors (Lipinski definition) is 1. The van der Waals surface area contributed by atoms with Crippen molar-refractivity contribution in [1.82, 2.24) is 4.57 Å². The zero-order chi connectivity index (χ0) is 26.7. The van der Waals surface area contributed by atoms with Crippen LogP contribution in [0.25, 0.3) is 6.08 Å². The minimum absolute atomic E-state index is 0.0861. The van der Waals surface area contributed by atoms with Crippen LogP contribution in [0.5, 0.6) is 11.5 Å². The molecule has 8 nitrogen and oxygen atoms in total. The van der Waals surface area contributed by atoms with Crippen molar-refractivity contribution in [3.63, 3.8) is 0 Å². The van der Waals surface area contributed by atoms with Crippen molar-refractivity contribution in [2.45, 2.75) is 33.7 Å². The number of methoxy groups -OCH3 is 1. The normalized spacial score (nSPS) is 15.3. The first-order valence-corrected chi connectivity index (χ1v) is 13.1. The molecule has 4 rings (SSSR count). The van der Waals surface area contributed by atoms with E-state index >= 15 is 0 Å². The quantitative estimate of drug-likeness (QED) is 0.457. The predicted octanol–water partition coefficient (Wildman–Crippen LogP) is 3.36. The number of rotatable bonds is 8. The lowest BCUT2D eigenvalue weighted by molar-refractivity contribution is -0.139. The highest BCUT2D eigenvalue weighted by Crippen LogP contribution is 2.32. The van der Waals surface area contributed by atoms with E-state index in [1.807, 2.05) is 18.2 Å². The molecule has 1 N–H and O–H groups in total. The summed E-state index contributed by atoms with van der Waals surface area (Å²) in [6.07, 6.45) is 1.66. The molecule has 0 unspecified atom stereocenters. The second-order valence-electron chi connectivity index (χ2n) is 8.49. The van der Waals surface area contributed by atoms with Crippen molar-refractivity contribution in [3.8, 4) is 11.5 Å². The van der Waals surface area contributed by atoms with Crippen molar-refractivity contribution in [1.29, 1.82) is 0 Å². The molecular weight excluding hydrogens is 490 g/mol. The Labute approximate surface area is 219 Å². The Hall–Kier alpha value is -3.85. The van der Waals surface area contributed by atoms with Gasteiger partial charge in [-0.05, 0) is 63.6 Å². The van der Waals surface area contributed by atoms with Gasteiger partial charge in [0.25, 0.3) is 5.56 Å². The van der Waals surface area contributed by atoms with Crippen LogP contribution in [0.1, 0.15) is 44.9 Å². The molecule has 1 atom stereocenters. The molecule has 0 amide bonds. The summed E-state index contributed by atoms with van der Waals surface area (Å²) < 4.78 is 12.7. The zero-order valence-corrected chi connectivity index (χ0v) is 22.5. The predicted molar refractivity (Wildman–Crippen MR) is 145 cm³/mol. The summed E-state index contributed by atoms with van der Waals surface area (Å²) in [6, 6.07) is 12.0. The summed E-state index contributed by atoms with van der Waals surface area (Å²) in [5.41, 5.74) is 2.63. The molecular formula is C28H31N3O5S. The maximum absolute atomic E-state index is 13.8. The third-order valence-electron chi connectivity index (χ3n) is 6.36. The maximum Gasteiger partial charge on any atom is 0.338 e. The molecule has 0 saturated heterocycles. The smallest absolute Gasteiger partial charge is 0.338 e. The second-order valence-corrected chi connectivity index (χ2v) is 9.50. The van der Waals surface area contributed by atoms with Crippen LogP contribution in [0, 0.1) is 0 Å². The number of benzene rings is 2. The van der Waals surface area contributed by atoms with Crippen LogP contribution in [0.4, 0.5) is 5.69 Å². The van der Waals surface area contributed by atoms with Crippen LogP contribution in [-0.4, -0.2) is 42.4 Å². The fraction of sp³-hybridized carbons (Fsp3) is 0.321. The van der Waals surface area contributed by atoms with E-state index in [-0.39, 0.29) is 17.9 Å². The lowest BCUT2D eigenvalue weighted by Crippen LogP contribution is -2.39. The summed E-state index contributed by atoms with van der Waals surface area (Å²) in [5.74, 6) is 0.175. The van der Waals surface area contributed by atoms with Gasteiger partial charge in [-0.1, -0.05) is 23.5 Å². The summed E-state index contributed by atoms with van der Waals surface area (Å²) in [7, 11) is 1.57. The summed E-state index contributed by atoms with van der Waals surface area (Å²) in [6.45, 7) is 9.44. The van der Waals surface area contributed by atoms with Crippen LogP contribution in [-0.2, 0) is 9.53 Å². The Kier molecular flexibility index (Phi) is 7.83. The first-order chi connectivity index (χ1) is 17.8. The van der Waals surface area contributed by atoms with Gasteiger partial charge in [0, 0.05) is 30.4 Å². The number of phenolic OH excluding ortho intramolecular Hbond substituents is 1. The Morgan fingerprint density at radius 2 is 1.95 bits per heavy atom. The molecule has 0 aliphatic carbocycles. The molecule has 2 heterocycles. The van der Waals surface area contributed by atoms with Gasteiger partial charge in [0.2, 0.25) is 0 Å². The number of fused-ring (bicyclic) bond motifs is 1. The van der Waals surface area contributed by atoms with Gasteiger partial charge in [-0.15, -0.1) is 0 Å². The van der Waals surface area contributed by atoms with E-state index in [0.717, 1.165) is 18.8 Å². The Balaban J connectivity index is 1.90. The number of hydrogen-bond acceptors (Lipinski definition) is 8. The molecule has 9 heteroatoms. The van der Waals surface area contributed by atoms with Gasteiger partial charge in [0.05, 0.1) is 35.6 Å². The van der Waals surface area contributed by atoms with Gasteiger partial charge in [-0.25, -0.2) is 9.79 Å². The zero-order valence-electron chi connectivity index (χ0n) is 21.6. The van der Waals surface area contributed by atoms with Crippen molar-refractivity contribution in [3.05, 3.63) is 84.5 Å². The summed E-state index contributed by atoms with van der Waals surface area (Å²) in [5, 5.41) is 10.7. The lowest BCUT2D eigenvalue weighted by Gasteiger charge is -2.25. The number of nitrogens with zero attached hydrogens (tertiary/aromatic N) is 3. The molecule has 1 aliphatic rings. The Bertz CT molecular complexity index is 1530. The maximum atomic E-state index is 13.8. The Morgan fingerprint density at radius 3 is 2.59 bits per heavy atom. The number of carbonyl (C=O) groups excluding carboxylic acids is 1. The van der Waals surface area contributed by atoms with Crippen LogP contribution < -0.4 is 24.5 Å². The van der Waals surface area contributed by atoms with E-state index in [1.165, 1.54) is 15.9 Å². The van der Waals surface area contributed by atoms with Crippen LogP contribution in [0.2, 0.25) is 0 Å². The van der Waals surface area contributed by atoms with Gasteiger partial charge in [-0.2, -0.15) is 0 Å². The highest BCUT2D eigenvalue weighted by atomic mass is 32.1. The van der Waals surface area contributed by atoms with Gasteiger partial charge in [0.15, 0.2) is 4.80 Å². The first-order valence-electron chi connectivity index (χ1n) is 12.2. The van der Waals surface area contributed by atoms with Gasteiger partial charge in [0.1, 0.15) is 11.5 Å². The van der Waals surface area contributed by atoms with Crippen molar-refractivity contribution < 1.29 is 19.4 Å². The third kappa shape index (κ3) is 5.04. The van der Waals surface area contributed by atoms with E-state index in [1.54, 1.807) is 51.3 Å². The highest BCUT2D eigenvalue weighted by Gasteiger charge is 2.33. The lowest BCUT2D eigenvalue weighted by atomic mass is 9.95. The number of aromatic hydroxyl groups is 1. The first kappa shape index (κ1) is 26.2. The Morgan fingerprint density at radius 1 is 1.19 bits per heavy atom. The van der Waals surface area contributed by atoms with Crippen molar-refractivity contribution in [2.24, 2.45) is 4.99 Å². The van der Waals surface area contributed by atoms with E-state index in [0.29, 0.717) is 37.5 Å². The van der Waals surface area contributed by atoms with E-state index < -0.39 is 12.0 Å². The molecule has 0 spiro atoms. The van der Waals surface area contributed by atoms with Gasteiger partial charge < -0.3 is 19.5 Å². The van der Waals surface area contributed by atoms with Crippen LogP contribution in [0.3, 0.4) is 0 Å². The molecule has 0 saturated carbocycles. The van der Waals surface area contributed by atoms with Crippen LogP contribution >= 0.6 is 11.3 Å². The molecule has 1 aliphatic heterocycles. The number of phenols is 1. The van der Waals surface area contributed by atoms with Gasteiger partial charge in [-0.3, -0.25) is 9.36 Å². The second kappa shape index (κ2) is 11.0. The standard InChI is InChI=1S/C28H31N3O5S/c1-6-30(7-2)20-13-12-18(22(32)16-20)15-23-26(33)31-25(19-10-9-11-21(14-19)35-5)24(27(34)36-8-3)17(4)29-28(31)37-23/h9-16,25,32H,6-8H2,1-5H3/b23-15-/t25-/m1/s1. The minimum atomic E-state index is -0.730. The van der Waals surface area contributed by atoms with Gasteiger partial charge >= 0.3 is 5.97 Å². The average Bonchev–Trinajstić information content (AvgIpc) is 3.19. The number of carbonyl (C=O) groups is 1. The van der Waals surface area contributed by atoms with Crippen LogP contribution in [0.15, 0.2) is 63.5 Å². The van der Waals surface area contributed by atoms with Crippen molar-refractivity contribution >= 4 is 29.1 Å². The molecule has 0 radical (unpaired) electrons. The van der Waals surface area contributed by atoms with E-state index in [2.05, 4.69) is 23.7 Å². The summed E-state index contributed by atoms with van der Waals surface area (Å²) >= 11 is 1.21. The van der Waals surface area contributed by atoms with E-state index in [9.17, 15) is 14.7 Å². The largest absolute Gasteiger partial charge is 0.507 e. The average molecular weight is 522 g/mol. The molecule has 1 aromatic heterocycles. The number of aromatic nitrogens is 1. The topological polar surface area (TPSA) is 93.4 Å². The van der Waals surface area contributed by atoms with Crippen molar-refractivity contribution in [2.75, 3.05) is 31.7 Å². The van der Waals surface area contributed by atoms with E-state index in [4.69, 9.17) is 9.47 Å². The number of ether oxygens (including phenoxy) is 2. The number of esters is 1. The SMILES string of the molecule is CCOC(=O)C1=C(C)N=c2s/c(=C\c3ccc(N(CC)CC)cc3O)c(=O)n2[C@@H]1c1cccc(OC)c1.